The van der Waals surface area contributed by atoms with Crippen LogP contribution in [-0.2, 0) is 6.54 Å². The van der Waals surface area contributed by atoms with Crippen molar-refractivity contribution in [2.24, 2.45) is 10.7 Å². The van der Waals surface area contributed by atoms with Gasteiger partial charge in [0.05, 0.1) is 12.2 Å². The van der Waals surface area contributed by atoms with Gasteiger partial charge in [-0.05, 0) is 31.0 Å². The zero-order valence-corrected chi connectivity index (χ0v) is 14.7. The molecule has 2 rings (SSSR count). The van der Waals surface area contributed by atoms with E-state index >= 15 is 0 Å². The van der Waals surface area contributed by atoms with Gasteiger partial charge in [0.25, 0.3) is 0 Å². The Kier molecular flexibility index (Phi) is 7.21. The highest BCUT2D eigenvalue weighted by molar-refractivity contribution is 14.0. The van der Waals surface area contributed by atoms with Crippen LogP contribution in [0.25, 0.3) is 5.69 Å². The lowest BCUT2D eigenvalue weighted by Crippen LogP contribution is -2.38. The molecule has 0 fully saturated rings. The number of guanidine groups is 1. The summed E-state index contributed by atoms with van der Waals surface area (Å²) in [5, 5.41) is 7.42. The number of nitrogens with zero attached hydrogens (tertiary/aromatic N) is 3. The number of aliphatic imine (C=N–C) groups is 1. The Balaban J connectivity index is 0.00000220. The first kappa shape index (κ1) is 17.5. The largest absolute Gasteiger partial charge is 0.370 e. The van der Waals surface area contributed by atoms with E-state index in [1.54, 1.807) is 6.20 Å². The third-order valence-electron chi connectivity index (χ3n) is 3.17. The van der Waals surface area contributed by atoms with Gasteiger partial charge in [0, 0.05) is 18.4 Å². The average Bonchev–Trinajstić information content (AvgIpc) is 2.99. The van der Waals surface area contributed by atoms with Crippen LogP contribution in [0.15, 0.2) is 47.7 Å². The van der Waals surface area contributed by atoms with Crippen molar-refractivity contribution >= 4 is 29.9 Å². The Labute approximate surface area is 142 Å². The lowest BCUT2D eigenvalue weighted by Gasteiger charge is -2.12. The summed E-state index contributed by atoms with van der Waals surface area (Å²) in [6.45, 7) is 4.73. The van der Waals surface area contributed by atoms with E-state index in [4.69, 9.17) is 5.73 Å². The van der Waals surface area contributed by atoms with Gasteiger partial charge in [-0.3, -0.25) is 0 Å². The van der Waals surface area contributed by atoms with E-state index in [9.17, 15) is 0 Å². The molecule has 0 radical (unpaired) electrons. The highest BCUT2D eigenvalue weighted by Crippen LogP contribution is 2.14. The molecule has 5 nitrogen and oxygen atoms in total. The van der Waals surface area contributed by atoms with Crippen molar-refractivity contribution in [3.63, 3.8) is 0 Å². The van der Waals surface area contributed by atoms with Gasteiger partial charge in [0.15, 0.2) is 5.96 Å². The molecule has 0 saturated heterocycles. The second-order valence-corrected chi connectivity index (χ2v) is 4.73. The van der Waals surface area contributed by atoms with Gasteiger partial charge in [-0.15, -0.1) is 24.0 Å². The van der Waals surface area contributed by atoms with Crippen LogP contribution in [-0.4, -0.2) is 21.8 Å². The molecule has 0 spiro atoms. The normalized spacial score (nSPS) is 12.6. The summed E-state index contributed by atoms with van der Waals surface area (Å²) in [5.41, 5.74) is 8.00. The van der Waals surface area contributed by atoms with Crippen LogP contribution in [0.1, 0.15) is 25.8 Å². The number of benzene rings is 1. The Bertz CT molecular complexity index is 565. The fraction of sp³-hybridized carbons (Fsp3) is 0.333. The van der Waals surface area contributed by atoms with Crippen LogP contribution in [0.5, 0.6) is 0 Å². The molecular formula is C15H22IN5. The van der Waals surface area contributed by atoms with Gasteiger partial charge < -0.3 is 11.1 Å². The highest BCUT2D eigenvalue weighted by atomic mass is 127. The molecule has 1 aromatic heterocycles. The predicted octanol–water partition coefficient (Wildman–Crippen LogP) is 2.69. The van der Waals surface area contributed by atoms with Crippen molar-refractivity contribution in [3.8, 4) is 5.69 Å². The maximum Gasteiger partial charge on any atom is 0.189 e. The number of aromatic nitrogens is 2. The maximum absolute atomic E-state index is 5.88. The van der Waals surface area contributed by atoms with E-state index in [0.29, 0.717) is 18.5 Å². The summed E-state index contributed by atoms with van der Waals surface area (Å²) in [6.07, 6.45) is 4.70. The molecule has 0 amide bonds. The number of hydrogen-bond acceptors (Lipinski definition) is 2. The molecule has 1 aromatic carbocycles. The third-order valence-corrected chi connectivity index (χ3v) is 3.17. The number of nitrogens with two attached hydrogens (primary N) is 1. The van der Waals surface area contributed by atoms with Gasteiger partial charge in [-0.1, -0.05) is 25.1 Å². The molecule has 0 aliphatic heterocycles. The molecule has 0 aliphatic carbocycles. The number of halogens is 1. The lowest BCUT2D eigenvalue weighted by molar-refractivity contribution is 0.636. The summed E-state index contributed by atoms with van der Waals surface area (Å²) >= 11 is 0. The average molecular weight is 399 g/mol. The number of para-hydroxylation sites is 1. The molecule has 3 N–H and O–H groups in total. The minimum Gasteiger partial charge on any atom is -0.370 e. The smallest absolute Gasteiger partial charge is 0.189 e. The number of rotatable bonds is 5. The van der Waals surface area contributed by atoms with Crippen LogP contribution in [0, 0.1) is 0 Å². The van der Waals surface area contributed by atoms with E-state index in [-0.39, 0.29) is 24.0 Å². The van der Waals surface area contributed by atoms with E-state index in [1.165, 1.54) is 0 Å². The summed E-state index contributed by atoms with van der Waals surface area (Å²) in [6, 6.07) is 10.3. The third kappa shape index (κ3) is 5.04. The molecule has 1 unspecified atom stereocenters. The second kappa shape index (κ2) is 8.66. The molecule has 1 atom stereocenters. The SMILES string of the molecule is CCC(C)NC(N)=NCc1ccccc1-n1cccn1.I. The Morgan fingerprint density at radius 1 is 1.38 bits per heavy atom. The van der Waals surface area contributed by atoms with Crippen LogP contribution in [0.4, 0.5) is 0 Å². The van der Waals surface area contributed by atoms with Crippen LogP contribution >= 0.6 is 24.0 Å². The van der Waals surface area contributed by atoms with Crippen molar-refractivity contribution in [2.75, 3.05) is 0 Å². The Morgan fingerprint density at radius 2 is 2.14 bits per heavy atom. The van der Waals surface area contributed by atoms with Crippen molar-refractivity contribution in [2.45, 2.75) is 32.9 Å². The van der Waals surface area contributed by atoms with Crippen molar-refractivity contribution < 1.29 is 0 Å². The maximum atomic E-state index is 5.88. The standard InChI is InChI=1S/C15H21N5.HI/c1-3-12(2)19-15(16)17-11-13-7-4-5-8-14(13)20-10-6-9-18-20;/h4-10,12H,3,11H2,1-2H3,(H3,16,17,19);1H. The Hall–Kier alpha value is -1.57. The molecule has 0 bridgehead atoms. The van der Waals surface area contributed by atoms with Gasteiger partial charge in [-0.25, -0.2) is 9.67 Å². The second-order valence-electron chi connectivity index (χ2n) is 4.73. The van der Waals surface area contributed by atoms with E-state index < -0.39 is 0 Å². The monoisotopic (exact) mass is 399 g/mol. The molecule has 1 heterocycles. The Morgan fingerprint density at radius 3 is 2.81 bits per heavy atom. The molecule has 114 valence electrons. The minimum absolute atomic E-state index is 0. The van der Waals surface area contributed by atoms with Crippen molar-refractivity contribution in [1.29, 1.82) is 0 Å². The summed E-state index contributed by atoms with van der Waals surface area (Å²) in [7, 11) is 0. The lowest BCUT2D eigenvalue weighted by atomic mass is 10.2. The molecule has 21 heavy (non-hydrogen) atoms. The minimum atomic E-state index is 0. The zero-order valence-electron chi connectivity index (χ0n) is 12.4. The summed E-state index contributed by atoms with van der Waals surface area (Å²) < 4.78 is 1.84. The first-order valence-corrected chi connectivity index (χ1v) is 6.85. The highest BCUT2D eigenvalue weighted by Gasteiger charge is 2.04. The van der Waals surface area contributed by atoms with Crippen LogP contribution in [0.3, 0.4) is 0 Å². The molecule has 0 saturated carbocycles. The molecule has 6 heteroatoms. The van der Waals surface area contributed by atoms with Crippen molar-refractivity contribution in [3.05, 3.63) is 48.3 Å². The molecular weight excluding hydrogens is 377 g/mol. The van der Waals surface area contributed by atoms with Crippen molar-refractivity contribution in [1.82, 2.24) is 15.1 Å². The zero-order chi connectivity index (χ0) is 14.4. The van der Waals surface area contributed by atoms with Gasteiger partial charge in [0.2, 0.25) is 0 Å². The predicted molar refractivity (Wildman–Crippen MR) is 97.2 cm³/mol. The quantitative estimate of drug-likeness (QED) is 0.462. The fourth-order valence-corrected chi connectivity index (χ4v) is 1.85. The van der Waals surface area contributed by atoms with Gasteiger partial charge >= 0.3 is 0 Å². The summed E-state index contributed by atoms with van der Waals surface area (Å²) in [5.74, 6) is 0.481. The van der Waals surface area contributed by atoms with Crippen LogP contribution in [0.2, 0.25) is 0 Å². The van der Waals surface area contributed by atoms with Crippen LogP contribution < -0.4 is 11.1 Å². The fourth-order valence-electron chi connectivity index (χ4n) is 1.85. The first-order valence-electron chi connectivity index (χ1n) is 6.85. The van der Waals surface area contributed by atoms with Gasteiger partial charge in [0.1, 0.15) is 0 Å². The van der Waals surface area contributed by atoms with Gasteiger partial charge in [-0.2, -0.15) is 5.10 Å². The molecule has 0 aliphatic rings. The first-order chi connectivity index (χ1) is 9.70. The van der Waals surface area contributed by atoms with E-state index in [0.717, 1.165) is 17.7 Å². The van der Waals surface area contributed by atoms with E-state index in [2.05, 4.69) is 29.3 Å². The van der Waals surface area contributed by atoms with E-state index in [1.807, 2.05) is 41.2 Å². The molecule has 2 aromatic rings. The summed E-state index contributed by atoms with van der Waals surface area (Å²) in [4.78, 5) is 4.40. The number of nitrogens with one attached hydrogen (secondary N) is 1. The number of hydrogen-bond donors (Lipinski definition) is 2. The topological polar surface area (TPSA) is 68.2 Å².